The van der Waals surface area contributed by atoms with Gasteiger partial charge in [0.1, 0.15) is 0 Å². The molecule has 0 aromatic heterocycles. The summed E-state index contributed by atoms with van der Waals surface area (Å²) in [6.45, 7) is 12.6. The molecule has 1 aliphatic heterocycles. The van der Waals surface area contributed by atoms with Crippen molar-refractivity contribution in [3.63, 3.8) is 0 Å². The van der Waals surface area contributed by atoms with Gasteiger partial charge in [0.15, 0.2) is 5.96 Å². The van der Waals surface area contributed by atoms with Crippen LogP contribution < -0.4 is 10.6 Å². The van der Waals surface area contributed by atoms with E-state index in [1.165, 1.54) is 45.2 Å². The van der Waals surface area contributed by atoms with Crippen LogP contribution in [0, 0.1) is 0 Å². The SMILES string of the molecule is CCNC(=NCCCN1CCCCC1C)NCCN(CCOC)C1CC1. The largest absolute Gasteiger partial charge is 0.383 e. The first-order valence-electron chi connectivity index (χ1n) is 10.7. The average molecular weight is 368 g/mol. The second-order valence-electron chi connectivity index (χ2n) is 7.68. The quantitative estimate of drug-likeness (QED) is 0.314. The number of rotatable bonds is 12. The number of hydrogen-bond donors (Lipinski definition) is 2. The number of likely N-dealkylation sites (tertiary alicyclic amines) is 1. The Morgan fingerprint density at radius 3 is 2.73 bits per heavy atom. The van der Waals surface area contributed by atoms with Gasteiger partial charge in [-0.15, -0.1) is 0 Å². The molecule has 0 radical (unpaired) electrons. The number of nitrogens with zero attached hydrogens (tertiary/aromatic N) is 3. The molecule has 2 aliphatic rings. The normalized spacial score (nSPS) is 22.0. The maximum atomic E-state index is 5.24. The zero-order valence-electron chi connectivity index (χ0n) is 17.3. The fraction of sp³-hybridized carbons (Fsp3) is 0.950. The van der Waals surface area contributed by atoms with Crippen molar-refractivity contribution in [1.82, 2.24) is 20.4 Å². The van der Waals surface area contributed by atoms with Crippen LogP contribution in [-0.4, -0.2) is 87.4 Å². The monoisotopic (exact) mass is 367 g/mol. The molecule has 2 fully saturated rings. The van der Waals surface area contributed by atoms with Crippen LogP contribution in [0.4, 0.5) is 0 Å². The van der Waals surface area contributed by atoms with Crippen molar-refractivity contribution in [1.29, 1.82) is 0 Å². The van der Waals surface area contributed by atoms with E-state index in [-0.39, 0.29) is 0 Å². The van der Waals surface area contributed by atoms with E-state index in [1.54, 1.807) is 7.11 Å². The van der Waals surface area contributed by atoms with Gasteiger partial charge in [0.05, 0.1) is 6.61 Å². The predicted molar refractivity (Wildman–Crippen MR) is 110 cm³/mol. The Kier molecular flexibility index (Phi) is 10.3. The van der Waals surface area contributed by atoms with E-state index in [4.69, 9.17) is 9.73 Å². The van der Waals surface area contributed by atoms with Gasteiger partial charge < -0.3 is 20.3 Å². The van der Waals surface area contributed by atoms with Crippen LogP contribution in [0.2, 0.25) is 0 Å². The molecule has 152 valence electrons. The second-order valence-corrected chi connectivity index (χ2v) is 7.68. The van der Waals surface area contributed by atoms with Gasteiger partial charge in [0.2, 0.25) is 0 Å². The average Bonchev–Trinajstić information content (AvgIpc) is 3.48. The number of ether oxygens (including phenoxy) is 1. The van der Waals surface area contributed by atoms with Crippen LogP contribution in [0.15, 0.2) is 4.99 Å². The zero-order valence-corrected chi connectivity index (χ0v) is 17.3. The Labute approximate surface area is 160 Å². The molecule has 6 heteroatoms. The van der Waals surface area contributed by atoms with Crippen molar-refractivity contribution in [3.8, 4) is 0 Å². The minimum atomic E-state index is 0.750. The lowest BCUT2D eigenvalue weighted by molar-refractivity contribution is 0.144. The van der Waals surface area contributed by atoms with Crippen molar-refractivity contribution in [3.05, 3.63) is 0 Å². The molecule has 1 saturated carbocycles. The smallest absolute Gasteiger partial charge is 0.191 e. The topological polar surface area (TPSA) is 52.1 Å². The fourth-order valence-corrected chi connectivity index (χ4v) is 3.74. The lowest BCUT2D eigenvalue weighted by atomic mass is 10.0. The van der Waals surface area contributed by atoms with Gasteiger partial charge in [-0.25, -0.2) is 0 Å². The first-order valence-corrected chi connectivity index (χ1v) is 10.7. The number of methoxy groups -OCH3 is 1. The highest BCUT2D eigenvalue weighted by Crippen LogP contribution is 2.25. The third kappa shape index (κ3) is 8.23. The van der Waals surface area contributed by atoms with Gasteiger partial charge in [0, 0.05) is 58.5 Å². The standard InChI is InChI=1S/C20H41N5O/c1-4-21-20(22-11-7-14-24-13-6-5-8-18(24)2)23-12-15-25(16-17-26-3)19-9-10-19/h18-19H,4-17H2,1-3H3,(H2,21,22,23). The van der Waals surface area contributed by atoms with E-state index in [9.17, 15) is 0 Å². The van der Waals surface area contributed by atoms with Gasteiger partial charge in [0.25, 0.3) is 0 Å². The number of nitrogens with one attached hydrogen (secondary N) is 2. The number of hydrogen-bond acceptors (Lipinski definition) is 4. The lowest BCUT2D eigenvalue weighted by Crippen LogP contribution is -2.43. The molecule has 1 saturated heterocycles. The van der Waals surface area contributed by atoms with Gasteiger partial charge in [-0.3, -0.25) is 9.89 Å². The highest BCUT2D eigenvalue weighted by molar-refractivity contribution is 5.79. The molecule has 1 heterocycles. The molecule has 2 rings (SSSR count). The molecule has 0 spiro atoms. The molecular formula is C20H41N5O. The molecule has 1 unspecified atom stereocenters. The van der Waals surface area contributed by atoms with E-state index in [2.05, 4.69) is 34.3 Å². The van der Waals surface area contributed by atoms with Crippen molar-refractivity contribution < 1.29 is 4.74 Å². The summed E-state index contributed by atoms with van der Waals surface area (Å²) in [4.78, 5) is 9.93. The molecule has 0 aromatic rings. The Morgan fingerprint density at radius 2 is 2.04 bits per heavy atom. The minimum Gasteiger partial charge on any atom is -0.383 e. The third-order valence-electron chi connectivity index (χ3n) is 5.50. The summed E-state index contributed by atoms with van der Waals surface area (Å²) in [5, 5.41) is 6.87. The Bertz CT molecular complexity index is 400. The maximum absolute atomic E-state index is 5.24. The van der Waals surface area contributed by atoms with Crippen LogP contribution in [0.3, 0.4) is 0 Å². The van der Waals surface area contributed by atoms with E-state index in [1.807, 2.05) is 0 Å². The molecular weight excluding hydrogens is 326 g/mol. The third-order valence-corrected chi connectivity index (χ3v) is 5.50. The highest BCUT2D eigenvalue weighted by Gasteiger charge is 2.28. The van der Waals surface area contributed by atoms with E-state index in [0.717, 1.165) is 63.8 Å². The summed E-state index contributed by atoms with van der Waals surface area (Å²) in [6, 6.07) is 1.53. The zero-order chi connectivity index (χ0) is 18.6. The molecule has 26 heavy (non-hydrogen) atoms. The number of guanidine groups is 1. The molecule has 0 bridgehead atoms. The second kappa shape index (κ2) is 12.5. The van der Waals surface area contributed by atoms with Crippen LogP contribution in [0.5, 0.6) is 0 Å². The summed E-state index contributed by atoms with van der Waals surface area (Å²) in [7, 11) is 1.78. The Morgan fingerprint density at radius 1 is 1.19 bits per heavy atom. The van der Waals surface area contributed by atoms with Crippen molar-refractivity contribution >= 4 is 5.96 Å². The van der Waals surface area contributed by atoms with Gasteiger partial charge >= 0.3 is 0 Å². The summed E-state index contributed by atoms with van der Waals surface area (Å²) >= 11 is 0. The van der Waals surface area contributed by atoms with Crippen molar-refractivity contribution in [2.45, 2.75) is 64.5 Å². The van der Waals surface area contributed by atoms with Crippen molar-refractivity contribution in [2.75, 3.05) is 59.5 Å². The fourth-order valence-electron chi connectivity index (χ4n) is 3.74. The summed E-state index contributed by atoms with van der Waals surface area (Å²) in [5.41, 5.74) is 0. The van der Waals surface area contributed by atoms with Crippen LogP contribution in [0.1, 0.15) is 52.4 Å². The molecule has 1 aliphatic carbocycles. The van der Waals surface area contributed by atoms with Crippen LogP contribution in [0.25, 0.3) is 0 Å². The van der Waals surface area contributed by atoms with Gasteiger partial charge in [-0.05, 0) is 52.5 Å². The maximum Gasteiger partial charge on any atom is 0.191 e. The van der Waals surface area contributed by atoms with Crippen LogP contribution in [-0.2, 0) is 4.74 Å². The molecule has 0 aromatic carbocycles. The van der Waals surface area contributed by atoms with E-state index in [0.29, 0.717) is 0 Å². The summed E-state index contributed by atoms with van der Waals surface area (Å²) in [5.74, 6) is 0.960. The first-order chi connectivity index (χ1) is 12.7. The molecule has 1 atom stereocenters. The van der Waals surface area contributed by atoms with Crippen molar-refractivity contribution in [2.24, 2.45) is 4.99 Å². The number of aliphatic imine (C=N–C) groups is 1. The highest BCUT2D eigenvalue weighted by atomic mass is 16.5. The molecule has 6 nitrogen and oxygen atoms in total. The first kappa shape index (κ1) is 21.5. The lowest BCUT2D eigenvalue weighted by Gasteiger charge is -2.33. The van der Waals surface area contributed by atoms with E-state index < -0.39 is 0 Å². The van der Waals surface area contributed by atoms with Gasteiger partial charge in [-0.2, -0.15) is 0 Å². The molecule has 0 amide bonds. The Hall–Kier alpha value is -0.850. The Balaban J connectivity index is 1.65. The predicted octanol–water partition coefficient (Wildman–Crippen LogP) is 1.92. The summed E-state index contributed by atoms with van der Waals surface area (Å²) in [6.07, 6.45) is 7.93. The minimum absolute atomic E-state index is 0.750. The van der Waals surface area contributed by atoms with Crippen LogP contribution >= 0.6 is 0 Å². The molecule has 2 N–H and O–H groups in total. The van der Waals surface area contributed by atoms with E-state index >= 15 is 0 Å². The van der Waals surface area contributed by atoms with Gasteiger partial charge in [-0.1, -0.05) is 6.42 Å². The number of piperidine rings is 1. The summed E-state index contributed by atoms with van der Waals surface area (Å²) < 4.78 is 5.24.